The minimum absolute atomic E-state index is 0.0396. The first-order chi connectivity index (χ1) is 14.4. The van der Waals surface area contributed by atoms with Gasteiger partial charge in [0.05, 0.1) is 17.1 Å². The number of aliphatic carboxylic acids is 1. The second kappa shape index (κ2) is 9.41. The van der Waals surface area contributed by atoms with E-state index in [2.05, 4.69) is 10.3 Å². The molecule has 0 fully saturated rings. The average Bonchev–Trinajstić information content (AvgIpc) is 2.71. The number of esters is 1. The quantitative estimate of drug-likeness (QED) is 0.672. The van der Waals surface area contributed by atoms with Gasteiger partial charge in [0, 0.05) is 28.8 Å². The van der Waals surface area contributed by atoms with Crippen molar-refractivity contribution in [1.82, 2.24) is 10.3 Å². The lowest BCUT2D eigenvalue weighted by Gasteiger charge is -2.29. The molecule has 1 unspecified atom stereocenters. The highest BCUT2D eigenvalue weighted by atomic mass is 35.5. The van der Waals surface area contributed by atoms with Gasteiger partial charge >= 0.3 is 11.9 Å². The molecule has 3 rings (SSSR count). The molecule has 0 amide bonds. The van der Waals surface area contributed by atoms with Crippen LogP contribution in [0.1, 0.15) is 30.9 Å². The van der Waals surface area contributed by atoms with Gasteiger partial charge in [0.25, 0.3) is 0 Å². The van der Waals surface area contributed by atoms with Gasteiger partial charge in [-0.1, -0.05) is 35.9 Å². The number of nitrogens with zero attached hydrogens (tertiary/aromatic N) is 1. The van der Waals surface area contributed by atoms with Crippen LogP contribution in [0.4, 0.5) is 0 Å². The number of carboxylic acids is 1. The summed E-state index contributed by atoms with van der Waals surface area (Å²) in [5, 5.41) is 13.3. The number of ether oxygens (including phenoxy) is 1. The first kappa shape index (κ1) is 21.3. The molecule has 0 bridgehead atoms. The van der Waals surface area contributed by atoms with E-state index < -0.39 is 17.9 Å². The third-order valence-electron chi connectivity index (χ3n) is 4.70. The number of hydrogen-bond donors (Lipinski definition) is 2. The summed E-state index contributed by atoms with van der Waals surface area (Å²) >= 11 is 6.13. The summed E-state index contributed by atoms with van der Waals surface area (Å²) in [6.45, 7) is 3.43. The molecule has 1 aromatic carbocycles. The fourth-order valence-corrected chi connectivity index (χ4v) is 3.63. The number of allylic oxidation sites excluding steroid dienone is 2. The Morgan fingerprint density at radius 2 is 1.97 bits per heavy atom. The van der Waals surface area contributed by atoms with Crippen molar-refractivity contribution in [2.24, 2.45) is 0 Å². The van der Waals surface area contributed by atoms with Crippen molar-refractivity contribution in [3.63, 3.8) is 0 Å². The second-order valence-electron chi connectivity index (χ2n) is 6.78. The zero-order valence-corrected chi connectivity index (χ0v) is 17.3. The molecule has 30 heavy (non-hydrogen) atoms. The van der Waals surface area contributed by atoms with Crippen molar-refractivity contribution in [2.75, 3.05) is 6.61 Å². The molecule has 0 spiro atoms. The standard InChI is InChI=1S/C23H21ClN2O4/c1-14-19(22(27)28)21(17-8-3-9-18(24)12-17)20(15(2)26-14)23(29)30-11-5-7-16-6-4-10-25-13-16/h3-10,12-13,21,26H,11H2,1-2H3,(H,27,28). The van der Waals surface area contributed by atoms with Gasteiger partial charge in [0.15, 0.2) is 0 Å². The van der Waals surface area contributed by atoms with Crippen molar-refractivity contribution in [3.8, 4) is 0 Å². The number of benzene rings is 1. The van der Waals surface area contributed by atoms with Crippen LogP contribution in [0.2, 0.25) is 5.02 Å². The van der Waals surface area contributed by atoms with Crippen LogP contribution in [-0.2, 0) is 14.3 Å². The predicted molar refractivity (Wildman–Crippen MR) is 115 cm³/mol. The molecule has 2 aromatic rings. The Balaban J connectivity index is 1.88. The van der Waals surface area contributed by atoms with Gasteiger partial charge in [0.1, 0.15) is 6.61 Å². The number of halogens is 1. The maximum Gasteiger partial charge on any atom is 0.337 e. The van der Waals surface area contributed by atoms with E-state index in [4.69, 9.17) is 16.3 Å². The Morgan fingerprint density at radius 3 is 2.63 bits per heavy atom. The predicted octanol–water partition coefficient (Wildman–Crippen LogP) is 4.31. The van der Waals surface area contributed by atoms with Gasteiger partial charge in [-0.05, 0) is 49.2 Å². The highest BCUT2D eigenvalue weighted by Crippen LogP contribution is 2.39. The summed E-state index contributed by atoms with van der Waals surface area (Å²) in [4.78, 5) is 29.0. The Hall–Kier alpha value is -3.38. The van der Waals surface area contributed by atoms with Crippen molar-refractivity contribution in [3.05, 3.63) is 93.6 Å². The molecule has 1 aliphatic rings. The van der Waals surface area contributed by atoms with Gasteiger partial charge in [-0.25, -0.2) is 9.59 Å². The van der Waals surface area contributed by atoms with Crippen molar-refractivity contribution < 1.29 is 19.4 Å². The zero-order valence-electron chi connectivity index (χ0n) is 16.6. The molecule has 2 N–H and O–H groups in total. The second-order valence-corrected chi connectivity index (χ2v) is 7.22. The largest absolute Gasteiger partial charge is 0.478 e. The lowest BCUT2D eigenvalue weighted by molar-refractivity contribution is -0.138. The number of nitrogens with one attached hydrogen (secondary N) is 1. The number of rotatable bonds is 6. The topological polar surface area (TPSA) is 88.5 Å². The van der Waals surface area contributed by atoms with Crippen LogP contribution in [0.3, 0.4) is 0 Å². The molecule has 1 aliphatic heterocycles. The van der Waals surface area contributed by atoms with Crippen molar-refractivity contribution in [1.29, 1.82) is 0 Å². The molecular weight excluding hydrogens is 404 g/mol. The smallest absolute Gasteiger partial charge is 0.337 e. The van der Waals surface area contributed by atoms with E-state index in [1.54, 1.807) is 62.7 Å². The van der Waals surface area contributed by atoms with Crippen LogP contribution in [-0.4, -0.2) is 28.6 Å². The third kappa shape index (κ3) is 4.78. The maximum atomic E-state index is 12.9. The fourth-order valence-electron chi connectivity index (χ4n) is 3.43. The maximum absolute atomic E-state index is 12.9. The van der Waals surface area contributed by atoms with Crippen LogP contribution < -0.4 is 5.32 Å². The summed E-state index contributed by atoms with van der Waals surface area (Å²) < 4.78 is 5.43. The van der Waals surface area contributed by atoms with E-state index in [1.165, 1.54) is 0 Å². The van der Waals surface area contributed by atoms with Crippen molar-refractivity contribution in [2.45, 2.75) is 19.8 Å². The monoisotopic (exact) mass is 424 g/mol. The zero-order chi connectivity index (χ0) is 21.7. The Bertz CT molecular complexity index is 1060. The van der Waals surface area contributed by atoms with E-state index in [0.717, 1.165) is 5.56 Å². The summed E-state index contributed by atoms with van der Waals surface area (Å²) in [6, 6.07) is 10.5. The molecule has 0 aliphatic carbocycles. The summed E-state index contributed by atoms with van der Waals surface area (Å²) in [7, 11) is 0. The van der Waals surface area contributed by atoms with Gasteiger partial charge in [0.2, 0.25) is 0 Å². The Kier molecular flexibility index (Phi) is 6.69. The van der Waals surface area contributed by atoms with E-state index >= 15 is 0 Å². The summed E-state index contributed by atoms with van der Waals surface area (Å²) in [5.41, 5.74) is 2.84. The van der Waals surface area contributed by atoms with Crippen LogP contribution in [0.25, 0.3) is 6.08 Å². The number of carbonyl (C=O) groups is 2. The number of dihydropyridines is 1. The highest BCUT2D eigenvalue weighted by Gasteiger charge is 2.37. The SMILES string of the molecule is CC1=C(C(=O)O)C(c2cccc(Cl)c2)C(C(=O)OCC=Cc2cccnc2)=C(C)N1. The summed E-state index contributed by atoms with van der Waals surface area (Å²) in [6.07, 6.45) is 6.86. The third-order valence-corrected chi connectivity index (χ3v) is 4.93. The number of carboxylic acid groups (broad SMARTS) is 1. The molecule has 6 nitrogen and oxygen atoms in total. The molecule has 1 atom stereocenters. The molecule has 0 saturated carbocycles. The van der Waals surface area contributed by atoms with Gasteiger partial charge in [-0.3, -0.25) is 4.98 Å². The van der Waals surface area contributed by atoms with Crippen LogP contribution in [0, 0.1) is 0 Å². The summed E-state index contributed by atoms with van der Waals surface area (Å²) in [5.74, 6) is -2.50. The highest BCUT2D eigenvalue weighted by molar-refractivity contribution is 6.30. The lowest BCUT2D eigenvalue weighted by atomic mass is 9.80. The van der Waals surface area contributed by atoms with Crippen LogP contribution >= 0.6 is 11.6 Å². The van der Waals surface area contributed by atoms with Crippen molar-refractivity contribution >= 4 is 29.6 Å². The molecule has 154 valence electrons. The molecule has 0 radical (unpaired) electrons. The van der Waals surface area contributed by atoms with E-state index in [-0.39, 0.29) is 17.8 Å². The number of carbonyl (C=O) groups excluding carboxylic acids is 1. The molecular formula is C23H21ClN2O4. The normalized spacial score (nSPS) is 16.6. The molecule has 1 aromatic heterocycles. The first-order valence-electron chi connectivity index (χ1n) is 9.29. The first-order valence-corrected chi connectivity index (χ1v) is 9.67. The minimum Gasteiger partial charge on any atom is -0.478 e. The average molecular weight is 425 g/mol. The molecule has 7 heteroatoms. The Morgan fingerprint density at radius 1 is 1.20 bits per heavy atom. The van der Waals surface area contributed by atoms with Crippen LogP contribution in [0.15, 0.2) is 77.4 Å². The van der Waals surface area contributed by atoms with Gasteiger partial charge in [-0.2, -0.15) is 0 Å². The minimum atomic E-state index is -1.11. The van der Waals surface area contributed by atoms with Crippen LogP contribution in [0.5, 0.6) is 0 Å². The van der Waals surface area contributed by atoms with E-state index in [1.807, 2.05) is 12.1 Å². The fraction of sp³-hybridized carbons (Fsp3) is 0.174. The number of aromatic nitrogens is 1. The van der Waals surface area contributed by atoms with E-state index in [9.17, 15) is 14.7 Å². The molecule has 0 saturated heterocycles. The Labute approximate surface area is 179 Å². The van der Waals surface area contributed by atoms with Gasteiger partial charge < -0.3 is 15.2 Å². The number of pyridine rings is 1. The lowest BCUT2D eigenvalue weighted by Crippen LogP contribution is -2.31. The van der Waals surface area contributed by atoms with Gasteiger partial charge in [-0.15, -0.1) is 0 Å². The molecule has 2 heterocycles. The number of hydrogen-bond acceptors (Lipinski definition) is 5. The van der Waals surface area contributed by atoms with E-state index in [0.29, 0.717) is 22.0 Å².